The molecular formula is C10H14ClN3. The van der Waals surface area contributed by atoms with Crippen LogP contribution in [0.4, 0.5) is 0 Å². The third-order valence-corrected chi connectivity index (χ3v) is 2.18. The molecule has 0 saturated heterocycles. The fourth-order valence-corrected chi connectivity index (χ4v) is 1.66. The number of nitrogens with zero attached hydrogens (tertiary/aromatic N) is 3. The largest absolute Gasteiger partial charge is 0.335 e. The summed E-state index contributed by atoms with van der Waals surface area (Å²) >= 11 is 5.91. The molecule has 2 aromatic heterocycles. The fraction of sp³-hybridized carbons (Fsp3) is 0.400. The van der Waals surface area contributed by atoms with E-state index in [0.29, 0.717) is 5.15 Å². The van der Waals surface area contributed by atoms with Gasteiger partial charge >= 0.3 is 0 Å². The van der Waals surface area contributed by atoms with Gasteiger partial charge in [0.15, 0.2) is 0 Å². The molecule has 0 aliphatic carbocycles. The van der Waals surface area contributed by atoms with Gasteiger partial charge in [-0.3, -0.25) is 0 Å². The van der Waals surface area contributed by atoms with Crippen molar-refractivity contribution < 1.29 is 0 Å². The smallest absolute Gasteiger partial charge is 0.144 e. The molecule has 14 heavy (non-hydrogen) atoms. The van der Waals surface area contributed by atoms with Crippen LogP contribution in [0.15, 0.2) is 12.5 Å². The van der Waals surface area contributed by atoms with Gasteiger partial charge in [0.1, 0.15) is 17.1 Å². The molecule has 2 heterocycles. The highest BCUT2D eigenvalue weighted by Gasteiger charge is 2.07. The van der Waals surface area contributed by atoms with Gasteiger partial charge in [0.05, 0.1) is 5.39 Å². The van der Waals surface area contributed by atoms with E-state index in [2.05, 4.69) is 9.97 Å². The summed E-state index contributed by atoms with van der Waals surface area (Å²) in [4.78, 5) is 8.05. The van der Waals surface area contributed by atoms with E-state index in [4.69, 9.17) is 11.6 Å². The summed E-state index contributed by atoms with van der Waals surface area (Å²) in [6, 6.07) is 0. The van der Waals surface area contributed by atoms with Crippen molar-refractivity contribution in [2.45, 2.75) is 20.8 Å². The Hall–Kier alpha value is -1.09. The Morgan fingerprint density at radius 1 is 1.29 bits per heavy atom. The maximum atomic E-state index is 5.91. The van der Waals surface area contributed by atoms with Crippen LogP contribution in [0.3, 0.4) is 0 Å². The van der Waals surface area contributed by atoms with Crippen LogP contribution in [0.5, 0.6) is 0 Å². The minimum atomic E-state index is 0.526. The molecule has 0 unspecified atom stereocenters. The first-order valence-corrected chi connectivity index (χ1v) is 5.00. The highest BCUT2D eigenvalue weighted by molar-refractivity contribution is 6.34. The third kappa shape index (κ3) is 1.73. The van der Waals surface area contributed by atoms with Crippen molar-refractivity contribution in [1.29, 1.82) is 0 Å². The molecule has 4 heteroatoms. The minimum absolute atomic E-state index is 0.526. The van der Waals surface area contributed by atoms with E-state index < -0.39 is 0 Å². The second-order valence-corrected chi connectivity index (χ2v) is 3.14. The summed E-state index contributed by atoms with van der Waals surface area (Å²) in [5.41, 5.74) is 1.99. The van der Waals surface area contributed by atoms with Gasteiger partial charge in [-0.1, -0.05) is 25.4 Å². The lowest BCUT2D eigenvalue weighted by Crippen LogP contribution is -1.88. The molecule has 0 aromatic carbocycles. The van der Waals surface area contributed by atoms with Gasteiger partial charge in [0.2, 0.25) is 0 Å². The Morgan fingerprint density at radius 3 is 2.50 bits per heavy atom. The molecule has 0 spiro atoms. The molecular weight excluding hydrogens is 198 g/mol. The highest BCUT2D eigenvalue weighted by atomic mass is 35.5. The topological polar surface area (TPSA) is 30.7 Å². The van der Waals surface area contributed by atoms with E-state index in [-0.39, 0.29) is 0 Å². The molecule has 0 atom stereocenters. The third-order valence-electron chi connectivity index (χ3n) is 1.90. The summed E-state index contributed by atoms with van der Waals surface area (Å²) < 4.78 is 1.94. The van der Waals surface area contributed by atoms with Crippen LogP contribution < -0.4 is 0 Å². The van der Waals surface area contributed by atoms with E-state index in [0.717, 1.165) is 16.6 Å². The second-order valence-electron chi connectivity index (χ2n) is 2.79. The van der Waals surface area contributed by atoms with Crippen molar-refractivity contribution in [2.75, 3.05) is 0 Å². The molecule has 0 radical (unpaired) electrons. The molecule has 0 N–H and O–H groups in total. The van der Waals surface area contributed by atoms with Crippen molar-refractivity contribution in [2.24, 2.45) is 7.05 Å². The molecule has 0 fully saturated rings. The minimum Gasteiger partial charge on any atom is -0.335 e. The Bertz CT molecular complexity index is 434. The van der Waals surface area contributed by atoms with E-state index >= 15 is 0 Å². The van der Waals surface area contributed by atoms with E-state index in [9.17, 15) is 0 Å². The number of rotatable bonds is 0. The van der Waals surface area contributed by atoms with E-state index in [1.54, 1.807) is 0 Å². The van der Waals surface area contributed by atoms with Crippen LogP contribution in [0.2, 0.25) is 5.15 Å². The highest BCUT2D eigenvalue weighted by Crippen LogP contribution is 2.23. The molecule has 0 aliphatic rings. The first kappa shape index (κ1) is 11.0. The number of aromatic nitrogens is 3. The van der Waals surface area contributed by atoms with Crippen LogP contribution in [0, 0.1) is 6.92 Å². The van der Waals surface area contributed by atoms with Crippen molar-refractivity contribution in [3.05, 3.63) is 23.2 Å². The van der Waals surface area contributed by atoms with Gasteiger partial charge < -0.3 is 4.57 Å². The summed E-state index contributed by atoms with van der Waals surface area (Å²) in [5.74, 6) is 0. The Kier molecular flexibility index (Phi) is 3.47. The number of hydrogen-bond donors (Lipinski definition) is 0. The number of fused-ring (bicyclic) bond motifs is 1. The van der Waals surface area contributed by atoms with Crippen molar-refractivity contribution in [3.8, 4) is 0 Å². The zero-order valence-corrected chi connectivity index (χ0v) is 9.63. The van der Waals surface area contributed by atoms with Gasteiger partial charge in [-0.15, -0.1) is 0 Å². The first-order valence-electron chi connectivity index (χ1n) is 4.62. The first-order chi connectivity index (χ1) is 6.70. The lowest BCUT2D eigenvalue weighted by molar-refractivity contribution is 0.940. The standard InChI is InChI=1S/C8H8ClN3.C2H6/c1-5-3-12(2)8-6(5)7(9)10-4-11-8;1-2/h3-4H,1-2H3;1-2H3. The molecule has 0 saturated carbocycles. The summed E-state index contributed by atoms with van der Waals surface area (Å²) in [5, 5.41) is 1.47. The average molecular weight is 212 g/mol. The SMILES string of the molecule is CC.Cc1cn(C)c2ncnc(Cl)c12. The normalized spacial score (nSPS) is 9.79. The van der Waals surface area contributed by atoms with Crippen molar-refractivity contribution >= 4 is 22.6 Å². The second kappa shape index (κ2) is 4.42. The Morgan fingerprint density at radius 2 is 1.93 bits per heavy atom. The van der Waals surface area contributed by atoms with Gasteiger partial charge in [-0.05, 0) is 12.5 Å². The Balaban J connectivity index is 0.000000461. The molecule has 0 bridgehead atoms. The monoisotopic (exact) mass is 211 g/mol. The van der Waals surface area contributed by atoms with Gasteiger partial charge in [-0.2, -0.15) is 0 Å². The van der Waals surface area contributed by atoms with Crippen molar-refractivity contribution in [3.63, 3.8) is 0 Å². The Labute approximate surface area is 88.7 Å². The van der Waals surface area contributed by atoms with Crippen LogP contribution >= 0.6 is 11.6 Å². The molecule has 2 rings (SSSR count). The summed E-state index contributed by atoms with van der Waals surface area (Å²) in [7, 11) is 1.94. The maximum Gasteiger partial charge on any atom is 0.144 e. The fourth-order valence-electron chi connectivity index (χ4n) is 1.38. The van der Waals surface area contributed by atoms with Crippen molar-refractivity contribution in [1.82, 2.24) is 14.5 Å². The number of hydrogen-bond acceptors (Lipinski definition) is 2. The molecule has 0 aliphatic heterocycles. The predicted molar refractivity (Wildman–Crippen MR) is 59.6 cm³/mol. The van der Waals surface area contributed by atoms with Crippen LogP contribution in [0.1, 0.15) is 19.4 Å². The number of aryl methyl sites for hydroxylation is 2. The lowest BCUT2D eigenvalue weighted by Gasteiger charge is -1.94. The summed E-state index contributed by atoms with van der Waals surface area (Å²) in [6.45, 7) is 6.00. The van der Waals surface area contributed by atoms with Crippen LogP contribution in [-0.4, -0.2) is 14.5 Å². The lowest BCUT2D eigenvalue weighted by atomic mass is 10.3. The predicted octanol–water partition coefficient (Wildman–Crippen LogP) is 2.96. The number of halogens is 1. The quantitative estimate of drug-likeness (QED) is 0.628. The van der Waals surface area contributed by atoms with E-state index in [1.807, 2.05) is 38.6 Å². The summed E-state index contributed by atoms with van der Waals surface area (Å²) in [6.07, 6.45) is 3.47. The maximum absolute atomic E-state index is 5.91. The zero-order valence-electron chi connectivity index (χ0n) is 8.87. The molecule has 76 valence electrons. The van der Waals surface area contributed by atoms with Gasteiger partial charge in [0, 0.05) is 13.2 Å². The van der Waals surface area contributed by atoms with Gasteiger partial charge in [0.25, 0.3) is 0 Å². The van der Waals surface area contributed by atoms with Crippen LogP contribution in [0.25, 0.3) is 11.0 Å². The van der Waals surface area contributed by atoms with Gasteiger partial charge in [-0.25, -0.2) is 9.97 Å². The molecule has 2 aromatic rings. The zero-order chi connectivity index (χ0) is 10.7. The van der Waals surface area contributed by atoms with E-state index in [1.165, 1.54) is 6.33 Å². The van der Waals surface area contributed by atoms with Crippen LogP contribution in [-0.2, 0) is 7.05 Å². The molecule has 3 nitrogen and oxygen atoms in total. The average Bonchev–Trinajstić information content (AvgIpc) is 2.47. The molecule has 0 amide bonds.